The van der Waals surface area contributed by atoms with Crippen molar-refractivity contribution in [2.24, 2.45) is 0 Å². The molecule has 1 aromatic heterocycles. The van der Waals surface area contributed by atoms with E-state index in [4.69, 9.17) is 9.26 Å². The van der Waals surface area contributed by atoms with E-state index in [1.807, 2.05) is 25.7 Å². The second-order valence-electron chi connectivity index (χ2n) is 7.16. The van der Waals surface area contributed by atoms with Crippen molar-refractivity contribution in [3.8, 4) is 0 Å². The predicted molar refractivity (Wildman–Crippen MR) is 86.0 cm³/mol. The molecule has 23 heavy (non-hydrogen) atoms. The molecule has 0 aliphatic carbocycles. The molecule has 0 aromatic carbocycles. The summed E-state index contributed by atoms with van der Waals surface area (Å²) in [5.41, 5.74) is -0.446. The molecule has 130 valence electrons. The van der Waals surface area contributed by atoms with Crippen molar-refractivity contribution in [3.05, 3.63) is 12.2 Å². The minimum atomic E-state index is -0.446. The lowest BCUT2D eigenvalue weighted by atomic mass is 10.1. The maximum Gasteiger partial charge on any atom is 0.410 e. The molecule has 2 heterocycles. The molecule has 2 rings (SSSR count). The highest BCUT2D eigenvalue weighted by molar-refractivity contribution is 5.68. The van der Waals surface area contributed by atoms with Crippen LogP contribution in [0.3, 0.4) is 0 Å². The van der Waals surface area contributed by atoms with E-state index < -0.39 is 5.60 Å². The molecule has 0 radical (unpaired) electrons. The highest BCUT2D eigenvalue weighted by Gasteiger charge is 2.32. The van der Waals surface area contributed by atoms with Crippen molar-refractivity contribution >= 4 is 6.09 Å². The minimum absolute atomic E-state index is 0.195. The monoisotopic (exact) mass is 324 g/mol. The van der Waals surface area contributed by atoms with Crippen LogP contribution in [0.5, 0.6) is 0 Å². The first-order valence-corrected chi connectivity index (χ1v) is 8.33. The molecular weight excluding hydrogens is 296 g/mol. The van der Waals surface area contributed by atoms with Crippen molar-refractivity contribution in [1.29, 1.82) is 0 Å². The molecule has 7 nitrogen and oxygen atoms in total. The SMILES string of the molecule is CC(CC1CCCN1C(=O)OC(C)(C)C)NCCc1ncon1. The molecule has 1 aromatic rings. The van der Waals surface area contributed by atoms with Gasteiger partial charge in [0, 0.05) is 31.6 Å². The number of ether oxygens (including phenoxy) is 1. The van der Waals surface area contributed by atoms with Gasteiger partial charge >= 0.3 is 6.09 Å². The van der Waals surface area contributed by atoms with Crippen molar-refractivity contribution < 1.29 is 14.1 Å². The van der Waals surface area contributed by atoms with Gasteiger partial charge in [0.2, 0.25) is 6.39 Å². The Morgan fingerprint density at radius 3 is 3.00 bits per heavy atom. The van der Waals surface area contributed by atoms with E-state index in [-0.39, 0.29) is 12.1 Å². The number of amides is 1. The van der Waals surface area contributed by atoms with Crippen LogP contribution in [0.25, 0.3) is 0 Å². The Kier molecular flexibility index (Phi) is 5.98. The highest BCUT2D eigenvalue weighted by Crippen LogP contribution is 2.24. The summed E-state index contributed by atoms with van der Waals surface area (Å²) in [5.74, 6) is 0.709. The normalized spacial score (nSPS) is 19.8. The number of hydrogen-bond acceptors (Lipinski definition) is 6. The lowest BCUT2D eigenvalue weighted by molar-refractivity contribution is 0.0215. The topological polar surface area (TPSA) is 80.5 Å². The molecule has 1 aliphatic heterocycles. The van der Waals surface area contributed by atoms with Crippen LogP contribution in [0.1, 0.15) is 52.8 Å². The summed E-state index contributed by atoms with van der Waals surface area (Å²) < 4.78 is 10.2. The predicted octanol–water partition coefficient (Wildman–Crippen LogP) is 2.38. The third kappa shape index (κ3) is 5.82. The number of likely N-dealkylation sites (tertiary alicyclic amines) is 1. The fourth-order valence-electron chi connectivity index (χ4n) is 2.87. The van der Waals surface area contributed by atoms with E-state index in [1.165, 1.54) is 6.39 Å². The zero-order valence-electron chi connectivity index (χ0n) is 14.5. The van der Waals surface area contributed by atoms with Gasteiger partial charge < -0.3 is 19.5 Å². The molecule has 1 N–H and O–H groups in total. The molecule has 2 atom stereocenters. The van der Waals surface area contributed by atoms with Gasteiger partial charge in [0.1, 0.15) is 5.60 Å². The molecule has 0 saturated carbocycles. The van der Waals surface area contributed by atoms with E-state index in [9.17, 15) is 4.79 Å². The number of carbonyl (C=O) groups excluding carboxylic acids is 1. The average molecular weight is 324 g/mol. The minimum Gasteiger partial charge on any atom is -0.444 e. The quantitative estimate of drug-likeness (QED) is 0.865. The smallest absolute Gasteiger partial charge is 0.410 e. The van der Waals surface area contributed by atoms with Crippen LogP contribution in [-0.4, -0.2) is 51.9 Å². The summed E-state index contributed by atoms with van der Waals surface area (Å²) in [7, 11) is 0. The number of nitrogens with one attached hydrogen (secondary N) is 1. The molecular formula is C16H28N4O3. The molecule has 1 aliphatic rings. The maximum absolute atomic E-state index is 12.3. The van der Waals surface area contributed by atoms with Gasteiger partial charge in [-0.3, -0.25) is 0 Å². The molecule has 1 fully saturated rings. The number of aromatic nitrogens is 2. The zero-order valence-corrected chi connectivity index (χ0v) is 14.5. The Hall–Kier alpha value is -1.63. The first kappa shape index (κ1) is 17.7. The van der Waals surface area contributed by atoms with Crippen LogP contribution in [0.4, 0.5) is 4.79 Å². The van der Waals surface area contributed by atoms with E-state index in [0.29, 0.717) is 11.9 Å². The number of carbonyl (C=O) groups is 1. The zero-order chi connectivity index (χ0) is 16.9. The summed E-state index contributed by atoms with van der Waals surface area (Å²) in [4.78, 5) is 18.2. The van der Waals surface area contributed by atoms with Gasteiger partial charge in [0.05, 0.1) is 0 Å². The van der Waals surface area contributed by atoms with E-state index in [1.54, 1.807) is 0 Å². The fourth-order valence-corrected chi connectivity index (χ4v) is 2.87. The summed E-state index contributed by atoms with van der Waals surface area (Å²) in [5, 5.41) is 7.25. The van der Waals surface area contributed by atoms with Gasteiger partial charge in [-0.05, 0) is 47.0 Å². The van der Waals surface area contributed by atoms with E-state index in [2.05, 4.69) is 22.4 Å². The van der Waals surface area contributed by atoms with Gasteiger partial charge in [-0.2, -0.15) is 4.98 Å². The van der Waals surface area contributed by atoms with E-state index in [0.717, 1.165) is 38.8 Å². The first-order valence-electron chi connectivity index (χ1n) is 8.33. The second kappa shape index (κ2) is 7.77. The third-order valence-electron chi connectivity index (χ3n) is 3.88. The summed E-state index contributed by atoms with van der Waals surface area (Å²) in [6.45, 7) is 9.42. The number of nitrogens with zero attached hydrogens (tertiary/aromatic N) is 3. The van der Waals surface area contributed by atoms with Crippen molar-refractivity contribution in [3.63, 3.8) is 0 Å². The molecule has 0 bridgehead atoms. The van der Waals surface area contributed by atoms with Crippen LogP contribution >= 0.6 is 0 Å². The highest BCUT2D eigenvalue weighted by atomic mass is 16.6. The largest absolute Gasteiger partial charge is 0.444 e. The maximum atomic E-state index is 12.3. The third-order valence-corrected chi connectivity index (χ3v) is 3.88. The number of hydrogen-bond donors (Lipinski definition) is 1. The summed E-state index contributed by atoms with van der Waals surface area (Å²) >= 11 is 0. The van der Waals surface area contributed by atoms with Crippen LogP contribution in [0.2, 0.25) is 0 Å². The fraction of sp³-hybridized carbons (Fsp3) is 0.812. The summed E-state index contributed by atoms with van der Waals surface area (Å²) in [6, 6.07) is 0.562. The van der Waals surface area contributed by atoms with Crippen molar-refractivity contribution in [2.45, 2.75) is 71.1 Å². The second-order valence-corrected chi connectivity index (χ2v) is 7.16. The standard InChI is InChI=1S/C16H28N4O3/c1-12(17-8-7-14-18-11-22-19-14)10-13-6-5-9-20(13)15(21)23-16(2,3)4/h11-13,17H,5-10H2,1-4H3. The Balaban J connectivity index is 1.75. The van der Waals surface area contributed by atoms with Crippen molar-refractivity contribution in [1.82, 2.24) is 20.4 Å². The van der Waals surface area contributed by atoms with Gasteiger partial charge in [-0.1, -0.05) is 5.16 Å². The molecule has 2 unspecified atom stereocenters. The Labute approximate surface area is 137 Å². The molecule has 1 amide bonds. The lowest BCUT2D eigenvalue weighted by Gasteiger charge is -2.30. The van der Waals surface area contributed by atoms with E-state index >= 15 is 0 Å². The van der Waals surface area contributed by atoms with Gasteiger partial charge in [-0.15, -0.1) is 0 Å². The Bertz CT molecular complexity index is 484. The molecule has 0 spiro atoms. The Morgan fingerprint density at radius 2 is 2.35 bits per heavy atom. The van der Waals surface area contributed by atoms with Crippen LogP contribution in [-0.2, 0) is 11.2 Å². The Morgan fingerprint density at radius 1 is 1.57 bits per heavy atom. The molecule has 1 saturated heterocycles. The number of rotatable bonds is 6. The lowest BCUT2D eigenvalue weighted by Crippen LogP contribution is -2.42. The van der Waals surface area contributed by atoms with Crippen LogP contribution in [0, 0.1) is 0 Å². The molecule has 7 heteroatoms. The van der Waals surface area contributed by atoms with Crippen LogP contribution in [0.15, 0.2) is 10.9 Å². The average Bonchev–Trinajstić information content (AvgIpc) is 3.07. The first-order chi connectivity index (χ1) is 10.8. The summed E-state index contributed by atoms with van der Waals surface area (Å²) in [6.07, 6.45) is 4.89. The van der Waals surface area contributed by atoms with Gasteiger partial charge in [0.25, 0.3) is 0 Å². The van der Waals surface area contributed by atoms with Crippen molar-refractivity contribution in [2.75, 3.05) is 13.1 Å². The van der Waals surface area contributed by atoms with Crippen LogP contribution < -0.4 is 5.32 Å². The van der Waals surface area contributed by atoms with Gasteiger partial charge in [-0.25, -0.2) is 4.79 Å². The van der Waals surface area contributed by atoms with Gasteiger partial charge in [0.15, 0.2) is 5.82 Å².